The average molecular weight is 391 g/mol. The molecule has 5 unspecified atom stereocenters. The first-order chi connectivity index (χ1) is 12.7. The zero-order valence-electron chi connectivity index (χ0n) is 20.1. The number of hydrogen-bond acceptors (Lipinski definition) is 2. The largest absolute Gasteiger partial charge is 0.459 e. The summed E-state index contributed by atoms with van der Waals surface area (Å²) in [5, 5.41) is 0. The molecule has 2 heteroatoms. The standard InChI is InChI=1S/C26H46O2/c1-16-10-12-18(13-11-16)26(8,9)28-23(27)20-15-17-14-19(20)22(25(5,6)7)21(17)24(2,3)4/h16-22H,10-15H2,1-9H3. The second kappa shape index (κ2) is 7.31. The van der Waals surface area contributed by atoms with Crippen molar-refractivity contribution in [3.63, 3.8) is 0 Å². The van der Waals surface area contributed by atoms with Crippen LogP contribution in [-0.2, 0) is 9.53 Å². The maximum Gasteiger partial charge on any atom is 0.309 e. The van der Waals surface area contributed by atoms with Gasteiger partial charge in [-0.1, -0.05) is 61.3 Å². The second-order valence-corrected chi connectivity index (χ2v) is 13.3. The SMILES string of the molecule is CC1CCC(C(C)(C)OC(=O)C2CC3CC2C(C(C)(C)C)C3C(C)(C)C)CC1. The fourth-order valence-corrected chi connectivity index (χ4v) is 7.43. The number of carbonyl (C=O) groups excluding carboxylic acids is 1. The van der Waals surface area contributed by atoms with Gasteiger partial charge in [0.15, 0.2) is 0 Å². The van der Waals surface area contributed by atoms with Crippen LogP contribution in [0.2, 0.25) is 0 Å². The minimum absolute atomic E-state index is 0.109. The van der Waals surface area contributed by atoms with Crippen molar-refractivity contribution in [2.24, 2.45) is 52.3 Å². The van der Waals surface area contributed by atoms with Crippen molar-refractivity contribution in [1.82, 2.24) is 0 Å². The summed E-state index contributed by atoms with van der Waals surface area (Å²) in [4.78, 5) is 13.4. The van der Waals surface area contributed by atoms with E-state index in [1.807, 2.05) is 0 Å². The van der Waals surface area contributed by atoms with E-state index in [2.05, 4.69) is 62.3 Å². The quantitative estimate of drug-likeness (QED) is 0.480. The molecule has 0 spiro atoms. The Balaban J connectivity index is 1.72. The highest BCUT2D eigenvalue weighted by atomic mass is 16.6. The fraction of sp³-hybridized carbons (Fsp3) is 0.962. The monoisotopic (exact) mass is 390 g/mol. The molecular formula is C26H46O2. The molecule has 162 valence electrons. The Bertz CT molecular complexity index is 568. The van der Waals surface area contributed by atoms with Crippen LogP contribution in [-0.4, -0.2) is 11.6 Å². The molecular weight excluding hydrogens is 344 g/mol. The predicted molar refractivity (Wildman–Crippen MR) is 117 cm³/mol. The number of hydrogen-bond donors (Lipinski definition) is 0. The van der Waals surface area contributed by atoms with Gasteiger partial charge in [0.2, 0.25) is 0 Å². The van der Waals surface area contributed by atoms with E-state index in [0.29, 0.717) is 29.1 Å². The molecule has 0 aromatic rings. The zero-order valence-corrected chi connectivity index (χ0v) is 20.1. The van der Waals surface area contributed by atoms with E-state index in [1.165, 1.54) is 32.1 Å². The van der Waals surface area contributed by atoms with E-state index >= 15 is 0 Å². The first kappa shape index (κ1) is 22.2. The van der Waals surface area contributed by atoms with Gasteiger partial charge in [0.25, 0.3) is 0 Å². The van der Waals surface area contributed by atoms with E-state index in [4.69, 9.17) is 4.74 Å². The molecule has 3 aliphatic rings. The molecule has 0 amide bonds. The Hall–Kier alpha value is -0.530. The topological polar surface area (TPSA) is 26.3 Å². The van der Waals surface area contributed by atoms with Crippen molar-refractivity contribution in [2.45, 2.75) is 106 Å². The van der Waals surface area contributed by atoms with Crippen LogP contribution >= 0.6 is 0 Å². The molecule has 0 heterocycles. The highest BCUT2D eigenvalue weighted by Gasteiger charge is 2.60. The molecule has 0 N–H and O–H groups in total. The van der Waals surface area contributed by atoms with Gasteiger partial charge in [-0.05, 0) is 85.9 Å². The third-order valence-electron chi connectivity index (χ3n) is 8.67. The molecule has 0 aromatic carbocycles. The van der Waals surface area contributed by atoms with Gasteiger partial charge in [-0.2, -0.15) is 0 Å². The van der Waals surface area contributed by atoms with Crippen molar-refractivity contribution in [3.8, 4) is 0 Å². The van der Waals surface area contributed by atoms with Crippen LogP contribution in [0.15, 0.2) is 0 Å². The van der Waals surface area contributed by atoms with E-state index in [-0.39, 0.29) is 22.9 Å². The lowest BCUT2D eigenvalue weighted by Crippen LogP contribution is -2.46. The summed E-state index contributed by atoms with van der Waals surface area (Å²) in [6, 6.07) is 0. The van der Waals surface area contributed by atoms with Crippen LogP contribution in [0.5, 0.6) is 0 Å². The average Bonchev–Trinajstić information content (AvgIpc) is 3.12. The summed E-state index contributed by atoms with van der Waals surface area (Å²) in [6.45, 7) is 21.0. The van der Waals surface area contributed by atoms with Gasteiger partial charge in [-0.15, -0.1) is 0 Å². The van der Waals surface area contributed by atoms with Gasteiger partial charge >= 0.3 is 5.97 Å². The molecule has 0 saturated heterocycles. The first-order valence-corrected chi connectivity index (χ1v) is 11.9. The molecule has 2 nitrogen and oxygen atoms in total. The van der Waals surface area contributed by atoms with Crippen LogP contribution in [0.4, 0.5) is 0 Å². The molecule has 3 rings (SSSR count). The van der Waals surface area contributed by atoms with E-state index in [0.717, 1.165) is 18.3 Å². The van der Waals surface area contributed by atoms with Crippen molar-refractivity contribution in [3.05, 3.63) is 0 Å². The number of fused-ring (bicyclic) bond motifs is 2. The molecule has 5 atom stereocenters. The Labute approximate surface area is 174 Å². The first-order valence-electron chi connectivity index (χ1n) is 11.9. The number of rotatable bonds is 3. The van der Waals surface area contributed by atoms with E-state index in [9.17, 15) is 4.79 Å². The molecule has 3 fully saturated rings. The minimum Gasteiger partial charge on any atom is -0.459 e. The third-order valence-corrected chi connectivity index (χ3v) is 8.67. The number of esters is 1. The van der Waals surface area contributed by atoms with Crippen LogP contribution < -0.4 is 0 Å². The molecule has 3 aliphatic carbocycles. The summed E-state index contributed by atoms with van der Waals surface area (Å²) in [5.41, 5.74) is 0.232. The minimum atomic E-state index is -0.320. The van der Waals surface area contributed by atoms with Gasteiger partial charge in [0.1, 0.15) is 5.60 Å². The lowest BCUT2D eigenvalue weighted by Gasteiger charge is -2.48. The molecule has 0 radical (unpaired) electrons. The fourth-order valence-electron chi connectivity index (χ4n) is 7.43. The maximum atomic E-state index is 13.4. The lowest BCUT2D eigenvalue weighted by atomic mass is 9.57. The summed E-state index contributed by atoms with van der Waals surface area (Å²) in [5.74, 6) is 4.10. The van der Waals surface area contributed by atoms with E-state index < -0.39 is 0 Å². The second-order valence-electron chi connectivity index (χ2n) is 13.3. The Kier molecular flexibility index (Phi) is 5.79. The van der Waals surface area contributed by atoms with Crippen molar-refractivity contribution < 1.29 is 9.53 Å². The van der Waals surface area contributed by atoms with Gasteiger partial charge < -0.3 is 4.74 Å². The summed E-state index contributed by atoms with van der Waals surface area (Å²) in [7, 11) is 0. The Morgan fingerprint density at radius 1 is 0.786 bits per heavy atom. The summed E-state index contributed by atoms with van der Waals surface area (Å²) < 4.78 is 6.29. The predicted octanol–water partition coefficient (Wildman–Crippen LogP) is 7.12. The Morgan fingerprint density at radius 3 is 1.82 bits per heavy atom. The smallest absolute Gasteiger partial charge is 0.309 e. The van der Waals surface area contributed by atoms with Gasteiger partial charge in [-0.3, -0.25) is 4.79 Å². The van der Waals surface area contributed by atoms with E-state index in [1.54, 1.807) is 0 Å². The van der Waals surface area contributed by atoms with Gasteiger partial charge in [0, 0.05) is 0 Å². The van der Waals surface area contributed by atoms with Crippen molar-refractivity contribution >= 4 is 5.97 Å². The highest BCUT2D eigenvalue weighted by Crippen LogP contribution is 2.64. The zero-order chi connectivity index (χ0) is 21.1. The number of ether oxygens (including phenoxy) is 1. The highest BCUT2D eigenvalue weighted by molar-refractivity contribution is 5.74. The van der Waals surface area contributed by atoms with Crippen LogP contribution in [0.25, 0.3) is 0 Å². The van der Waals surface area contributed by atoms with Gasteiger partial charge in [0.05, 0.1) is 5.92 Å². The van der Waals surface area contributed by atoms with Crippen molar-refractivity contribution in [2.75, 3.05) is 0 Å². The Morgan fingerprint density at radius 2 is 1.32 bits per heavy atom. The summed E-state index contributed by atoms with van der Waals surface area (Å²) in [6.07, 6.45) is 7.24. The molecule has 0 aromatic heterocycles. The molecule has 3 saturated carbocycles. The molecule has 2 bridgehead atoms. The molecule has 0 aliphatic heterocycles. The summed E-state index contributed by atoms with van der Waals surface area (Å²) >= 11 is 0. The normalized spacial score (nSPS) is 39.2. The maximum absolute atomic E-state index is 13.4. The third kappa shape index (κ3) is 4.17. The van der Waals surface area contributed by atoms with Crippen molar-refractivity contribution in [1.29, 1.82) is 0 Å². The van der Waals surface area contributed by atoms with Crippen LogP contribution in [0.1, 0.15) is 101 Å². The molecule has 28 heavy (non-hydrogen) atoms. The van der Waals surface area contributed by atoms with Crippen LogP contribution in [0, 0.1) is 52.3 Å². The lowest BCUT2D eigenvalue weighted by molar-refractivity contribution is -0.173. The van der Waals surface area contributed by atoms with Crippen LogP contribution in [0.3, 0.4) is 0 Å². The van der Waals surface area contributed by atoms with Gasteiger partial charge in [-0.25, -0.2) is 0 Å². The number of carbonyl (C=O) groups is 1.